The predicted octanol–water partition coefficient (Wildman–Crippen LogP) is 9.40. The van der Waals surface area contributed by atoms with E-state index < -0.39 is 11.6 Å². The van der Waals surface area contributed by atoms with E-state index in [2.05, 4.69) is 53.2 Å². The Morgan fingerprint density at radius 3 is 2.28 bits per heavy atom. The van der Waals surface area contributed by atoms with Gasteiger partial charge in [-0.05, 0) is 78.6 Å². The lowest BCUT2D eigenvalue weighted by molar-refractivity contribution is -0.127. The van der Waals surface area contributed by atoms with Crippen LogP contribution < -0.4 is 14.2 Å². The molecule has 5 aromatic rings. The highest BCUT2D eigenvalue weighted by Crippen LogP contribution is 2.34. The Kier molecular flexibility index (Phi) is 13.8. The minimum atomic E-state index is -0.938. The fourth-order valence-electron chi connectivity index (χ4n) is 5.81. The van der Waals surface area contributed by atoms with Crippen molar-refractivity contribution in [2.24, 2.45) is 0 Å². The van der Waals surface area contributed by atoms with Gasteiger partial charge in [0.25, 0.3) is 0 Å². The van der Waals surface area contributed by atoms with Crippen LogP contribution >= 0.6 is 24.0 Å². The molecule has 7 nitrogen and oxygen atoms in total. The van der Waals surface area contributed by atoms with Crippen molar-refractivity contribution in [1.29, 1.82) is 0 Å². The van der Waals surface area contributed by atoms with Crippen molar-refractivity contribution < 1.29 is 27.8 Å². The fourth-order valence-corrected chi connectivity index (χ4v) is 6.12. The first-order valence-corrected chi connectivity index (χ1v) is 17.5. The van der Waals surface area contributed by atoms with Gasteiger partial charge in [-0.2, -0.15) is 0 Å². The molecule has 1 aliphatic heterocycles. The average Bonchev–Trinajstić information content (AvgIpc) is 3.15. The van der Waals surface area contributed by atoms with Crippen LogP contribution in [0.15, 0.2) is 103 Å². The number of piperazine rings is 1. The lowest BCUT2D eigenvalue weighted by Crippen LogP contribution is -2.47. The number of aryl methyl sites for hydroxylation is 2. The molecule has 0 unspecified atom stereocenters. The van der Waals surface area contributed by atoms with Crippen LogP contribution in [0.2, 0.25) is 5.02 Å². The van der Waals surface area contributed by atoms with Gasteiger partial charge < -0.3 is 19.1 Å². The van der Waals surface area contributed by atoms with E-state index in [4.69, 9.17) is 25.8 Å². The van der Waals surface area contributed by atoms with Crippen LogP contribution in [-0.4, -0.2) is 53.5 Å². The molecule has 53 heavy (non-hydrogen) atoms. The van der Waals surface area contributed by atoms with E-state index in [9.17, 15) is 13.6 Å². The van der Waals surface area contributed by atoms with E-state index in [1.54, 1.807) is 30.4 Å². The Morgan fingerprint density at radius 2 is 1.58 bits per heavy atom. The summed E-state index contributed by atoms with van der Waals surface area (Å²) in [5.41, 5.74) is 5.35. The van der Waals surface area contributed by atoms with E-state index in [0.717, 1.165) is 49.0 Å². The summed E-state index contributed by atoms with van der Waals surface area (Å²) in [6, 6.07) is 27.6. The summed E-state index contributed by atoms with van der Waals surface area (Å²) >= 11 is 6.58. The molecule has 0 spiro atoms. The molecule has 276 valence electrons. The van der Waals surface area contributed by atoms with Crippen molar-refractivity contribution >= 4 is 36.0 Å². The molecule has 11 heteroatoms. The summed E-state index contributed by atoms with van der Waals surface area (Å²) in [6.07, 6.45) is 5.62. The first-order chi connectivity index (χ1) is 25.2. The molecule has 4 aromatic carbocycles. The second-order valence-electron chi connectivity index (χ2n) is 12.7. The molecular formula is C42H41Cl2F2N3O4. The summed E-state index contributed by atoms with van der Waals surface area (Å²) in [5, 5.41) is 0.369. The lowest BCUT2D eigenvalue weighted by Gasteiger charge is -2.34. The van der Waals surface area contributed by atoms with E-state index in [1.165, 1.54) is 35.0 Å². The van der Waals surface area contributed by atoms with Crippen LogP contribution in [0.5, 0.6) is 23.1 Å². The molecule has 0 atom stereocenters. The van der Waals surface area contributed by atoms with Crippen LogP contribution in [-0.2, 0) is 24.4 Å². The number of halogens is 4. The number of aromatic nitrogens is 1. The molecule has 0 radical (unpaired) electrons. The third-order valence-corrected chi connectivity index (χ3v) is 9.09. The summed E-state index contributed by atoms with van der Waals surface area (Å²) in [4.78, 5) is 21.5. The molecule has 1 saturated heterocycles. The van der Waals surface area contributed by atoms with E-state index >= 15 is 0 Å². The zero-order chi connectivity index (χ0) is 36.5. The molecule has 1 fully saturated rings. The molecule has 0 saturated carbocycles. The second-order valence-corrected chi connectivity index (χ2v) is 13.2. The van der Waals surface area contributed by atoms with Gasteiger partial charge in [-0.3, -0.25) is 9.69 Å². The van der Waals surface area contributed by atoms with Crippen LogP contribution in [0.4, 0.5) is 8.78 Å². The first-order valence-electron chi connectivity index (χ1n) is 17.2. The van der Waals surface area contributed by atoms with E-state index in [1.807, 2.05) is 30.0 Å². The van der Waals surface area contributed by atoms with Gasteiger partial charge in [-0.25, -0.2) is 13.8 Å². The van der Waals surface area contributed by atoms with E-state index in [-0.39, 0.29) is 36.4 Å². The number of hydrogen-bond donors (Lipinski definition) is 0. The predicted molar refractivity (Wildman–Crippen MR) is 206 cm³/mol. The van der Waals surface area contributed by atoms with Gasteiger partial charge in [0, 0.05) is 56.9 Å². The van der Waals surface area contributed by atoms with Gasteiger partial charge in [0.2, 0.25) is 11.8 Å². The normalized spacial score (nSPS) is 13.1. The van der Waals surface area contributed by atoms with Crippen LogP contribution in [0.3, 0.4) is 0 Å². The highest BCUT2D eigenvalue weighted by molar-refractivity contribution is 6.32. The van der Waals surface area contributed by atoms with Crippen LogP contribution in [0, 0.1) is 25.5 Å². The standard InChI is InChI=1S/C42H40ClF2N3O4.ClH/c1-29-6-13-35(14-7-29)50-23-18-31-8-10-32(11-9-31)27-47-19-21-48(22-20-47)40(49)17-12-33-24-30(2)42(37(43)25-33)52-39-16-15-36(26-46-39)51-28-34-4-3-5-38(44)41(34)45;/h3-17,24-26H,18-23,27-28H2,1-2H3;1H/b17-12+;. The van der Waals surface area contributed by atoms with Crippen molar-refractivity contribution in [2.45, 2.75) is 33.4 Å². The second kappa shape index (κ2) is 18.7. The zero-order valence-electron chi connectivity index (χ0n) is 29.6. The maximum atomic E-state index is 13.9. The number of hydrogen-bond acceptors (Lipinski definition) is 6. The smallest absolute Gasteiger partial charge is 0.246 e. The number of nitrogens with zero attached hydrogens (tertiary/aromatic N) is 3. The number of ether oxygens (including phenoxy) is 3. The van der Waals surface area contributed by atoms with Crippen molar-refractivity contribution in [2.75, 3.05) is 32.8 Å². The third kappa shape index (κ3) is 11.0. The molecule has 2 heterocycles. The summed E-state index contributed by atoms with van der Waals surface area (Å²) in [5.74, 6) is 0.0677. The quantitative estimate of drug-likeness (QED) is 0.112. The van der Waals surface area contributed by atoms with E-state index in [0.29, 0.717) is 36.2 Å². The topological polar surface area (TPSA) is 64.1 Å². The molecule has 0 N–H and O–H groups in total. The lowest BCUT2D eigenvalue weighted by atomic mass is 10.1. The molecule has 1 aliphatic rings. The van der Waals surface area contributed by atoms with Gasteiger partial charge in [-0.15, -0.1) is 12.4 Å². The Labute approximate surface area is 320 Å². The Morgan fingerprint density at radius 1 is 0.868 bits per heavy atom. The van der Waals surface area contributed by atoms with Crippen molar-refractivity contribution in [3.8, 4) is 23.1 Å². The Balaban J connectivity index is 0.00000541. The summed E-state index contributed by atoms with van der Waals surface area (Å²) in [6.45, 7) is 8.17. The van der Waals surface area contributed by atoms with Crippen molar-refractivity contribution in [1.82, 2.24) is 14.8 Å². The van der Waals surface area contributed by atoms with Crippen molar-refractivity contribution in [3.63, 3.8) is 0 Å². The monoisotopic (exact) mass is 759 g/mol. The zero-order valence-corrected chi connectivity index (χ0v) is 31.1. The molecule has 0 bridgehead atoms. The average molecular weight is 761 g/mol. The number of pyridine rings is 1. The minimum Gasteiger partial charge on any atom is -0.493 e. The SMILES string of the molecule is Cc1ccc(OCCc2ccc(CN3CCN(C(=O)/C=C/c4cc(C)c(Oc5ccc(OCc6cccc(F)c6F)cn5)c(Cl)c4)CC3)cc2)cc1.Cl. The van der Waals surface area contributed by atoms with Crippen LogP contribution in [0.25, 0.3) is 6.08 Å². The molecule has 1 aromatic heterocycles. The fraction of sp³-hybridized carbons (Fsp3) is 0.238. The maximum absolute atomic E-state index is 13.9. The number of carbonyl (C=O) groups excluding carboxylic acids is 1. The molecule has 6 rings (SSSR count). The molecule has 1 amide bonds. The van der Waals surface area contributed by atoms with Crippen molar-refractivity contribution in [3.05, 3.63) is 153 Å². The number of rotatable bonds is 13. The van der Waals surface area contributed by atoms with Crippen LogP contribution in [0.1, 0.15) is 33.4 Å². The first kappa shape index (κ1) is 39.3. The summed E-state index contributed by atoms with van der Waals surface area (Å²) < 4.78 is 44.7. The largest absolute Gasteiger partial charge is 0.493 e. The van der Waals surface area contributed by atoms with Gasteiger partial charge in [0.1, 0.15) is 18.1 Å². The minimum absolute atomic E-state index is 0. The number of carbonyl (C=O) groups is 1. The number of amides is 1. The highest BCUT2D eigenvalue weighted by atomic mass is 35.5. The third-order valence-electron chi connectivity index (χ3n) is 8.81. The van der Waals surface area contributed by atoms with Gasteiger partial charge in [0.05, 0.1) is 17.8 Å². The molecular weight excluding hydrogens is 719 g/mol. The Bertz CT molecular complexity index is 1980. The summed E-state index contributed by atoms with van der Waals surface area (Å²) in [7, 11) is 0. The molecule has 0 aliphatic carbocycles. The van der Waals surface area contributed by atoms with Gasteiger partial charge in [0.15, 0.2) is 17.4 Å². The Hall–Kier alpha value is -4.96. The highest BCUT2D eigenvalue weighted by Gasteiger charge is 2.20. The van der Waals surface area contributed by atoms with Gasteiger partial charge >= 0.3 is 0 Å². The maximum Gasteiger partial charge on any atom is 0.246 e. The van der Waals surface area contributed by atoms with Gasteiger partial charge in [-0.1, -0.05) is 65.7 Å². The number of benzene rings is 4.